The first-order valence-electron chi connectivity index (χ1n) is 9.06. The summed E-state index contributed by atoms with van der Waals surface area (Å²) in [5, 5.41) is 13.3. The zero-order chi connectivity index (χ0) is 19.3. The summed E-state index contributed by atoms with van der Waals surface area (Å²) in [5.41, 5.74) is 4.06. The smallest absolute Gasteiger partial charge is 0.183 e. The Morgan fingerprint density at radius 2 is 2.04 bits per heavy atom. The Morgan fingerprint density at radius 1 is 1.18 bits per heavy atom. The van der Waals surface area contributed by atoms with Gasteiger partial charge in [0.05, 0.1) is 35.6 Å². The number of hydrogen-bond acceptors (Lipinski definition) is 6. The summed E-state index contributed by atoms with van der Waals surface area (Å²) < 4.78 is 8.87. The van der Waals surface area contributed by atoms with Crippen molar-refractivity contribution in [3.8, 4) is 16.3 Å². The number of methoxy groups -OCH3 is 1. The molecule has 7 nitrogen and oxygen atoms in total. The number of benzene rings is 1. The Morgan fingerprint density at radius 3 is 2.86 bits per heavy atom. The molecule has 0 atom stereocenters. The van der Waals surface area contributed by atoms with Gasteiger partial charge in [-0.2, -0.15) is 10.2 Å². The van der Waals surface area contributed by atoms with Crippen LogP contribution in [0.1, 0.15) is 11.3 Å². The van der Waals surface area contributed by atoms with Crippen molar-refractivity contribution in [2.75, 3.05) is 19.0 Å². The normalized spacial score (nSPS) is 11.1. The summed E-state index contributed by atoms with van der Waals surface area (Å²) in [7, 11) is 1.69. The largest absolute Gasteiger partial charge is 0.383 e. The van der Waals surface area contributed by atoms with Crippen molar-refractivity contribution >= 4 is 16.5 Å². The Bertz CT molecular complexity index is 1040. The van der Waals surface area contributed by atoms with Crippen molar-refractivity contribution in [1.82, 2.24) is 24.5 Å². The second kappa shape index (κ2) is 8.37. The van der Waals surface area contributed by atoms with Gasteiger partial charge in [0.1, 0.15) is 5.69 Å². The van der Waals surface area contributed by atoms with Gasteiger partial charge in [0, 0.05) is 31.6 Å². The topological polar surface area (TPSA) is 69.8 Å². The van der Waals surface area contributed by atoms with E-state index < -0.39 is 0 Å². The van der Waals surface area contributed by atoms with E-state index in [1.165, 1.54) is 0 Å². The molecule has 0 aliphatic carbocycles. The van der Waals surface area contributed by atoms with Crippen LogP contribution in [0.4, 0.5) is 5.13 Å². The van der Waals surface area contributed by atoms with E-state index in [4.69, 9.17) is 4.74 Å². The fraction of sp³-hybridized carbons (Fsp3) is 0.250. The van der Waals surface area contributed by atoms with Crippen LogP contribution < -0.4 is 5.32 Å². The second-order valence-corrected chi connectivity index (χ2v) is 7.37. The molecule has 144 valence electrons. The van der Waals surface area contributed by atoms with Crippen LogP contribution >= 0.6 is 11.3 Å². The molecule has 3 heterocycles. The van der Waals surface area contributed by atoms with Gasteiger partial charge in [0.2, 0.25) is 0 Å². The quantitative estimate of drug-likeness (QED) is 0.493. The molecule has 0 unspecified atom stereocenters. The second-order valence-electron chi connectivity index (χ2n) is 6.37. The molecule has 0 amide bonds. The van der Waals surface area contributed by atoms with Crippen LogP contribution in [0.2, 0.25) is 0 Å². The first-order valence-corrected chi connectivity index (χ1v) is 9.87. The molecule has 0 bridgehead atoms. The number of anilines is 1. The fourth-order valence-electron chi connectivity index (χ4n) is 2.85. The molecule has 0 saturated carbocycles. The van der Waals surface area contributed by atoms with Crippen LogP contribution in [0.3, 0.4) is 0 Å². The van der Waals surface area contributed by atoms with Crippen LogP contribution in [0.25, 0.3) is 16.3 Å². The van der Waals surface area contributed by atoms with E-state index in [9.17, 15) is 0 Å². The molecule has 8 heteroatoms. The zero-order valence-electron chi connectivity index (χ0n) is 15.9. The Balaban J connectivity index is 1.42. The predicted octanol–water partition coefficient (Wildman–Crippen LogP) is 3.76. The number of thiazole rings is 1. The molecule has 0 aliphatic heterocycles. The highest BCUT2D eigenvalue weighted by Gasteiger charge is 2.12. The lowest BCUT2D eigenvalue weighted by atomic mass is 10.3. The summed E-state index contributed by atoms with van der Waals surface area (Å²) >= 11 is 1.62. The third-order valence-corrected chi connectivity index (χ3v) is 5.43. The van der Waals surface area contributed by atoms with Gasteiger partial charge in [-0.3, -0.25) is 4.68 Å². The van der Waals surface area contributed by atoms with Crippen molar-refractivity contribution in [1.29, 1.82) is 0 Å². The third-order valence-electron chi connectivity index (χ3n) is 4.29. The maximum Gasteiger partial charge on any atom is 0.183 e. The van der Waals surface area contributed by atoms with Crippen LogP contribution in [0.15, 0.2) is 55.0 Å². The number of aromatic nitrogens is 5. The molecular formula is C20H22N6OS. The van der Waals surface area contributed by atoms with Crippen LogP contribution in [-0.4, -0.2) is 38.3 Å². The van der Waals surface area contributed by atoms with E-state index in [0.717, 1.165) is 39.2 Å². The molecule has 0 saturated heterocycles. The van der Waals surface area contributed by atoms with E-state index in [1.54, 1.807) is 18.4 Å². The van der Waals surface area contributed by atoms with Crippen molar-refractivity contribution < 1.29 is 4.74 Å². The Hall–Kier alpha value is -2.97. The lowest BCUT2D eigenvalue weighted by Crippen LogP contribution is -2.04. The van der Waals surface area contributed by atoms with Gasteiger partial charge in [-0.25, -0.2) is 9.67 Å². The molecule has 3 aromatic heterocycles. The van der Waals surface area contributed by atoms with Crippen LogP contribution in [-0.2, 0) is 17.8 Å². The zero-order valence-corrected chi connectivity index (χ0v) is 16.7. The van der Waals surface area contributed by atoms with Crippen molar-refractivity contribution in [3.05, 3.63) is 66.2 Å². The average molecular weight is 395 g/mol. The van der Waals surface area contributed by atoms with Gasteiger partial charge in [0.15, 0.2) is 5.13 Å². The maximum absolute atomic E-state index is 5.11. The molecule has 1 aromatic carbocycles. The molecular weight excluding hydrogens is 372 g/mol. The van der Waals surface area contributed by atoms with Crippen molar-refractivity contribution in [2.45, 2.75) is 20.0 Å². The number of aryl methyl sites for hydroxylation is 1. The average Bonchev–Trinajstić information content (AvgIpc) is 3.45. The molecule has 0 spiro atoms. The molecule has 0 fully saturated rings. The number of nitrogens with one attached hydrogen (secondary N) is 1. The summed E-state index contributed by atoms with van der Waals surface area (Å²) in [5.74, 6) is 0. The highest BCUT2D eigenvalue weighted by atomic mass is 32.1. The molecule has 0 radical (unpaired) electrons. The molecule has 0 aliphatic rings. The highest BCUT2D eigenvalue weighted by Crippen LogP contribution is 2.31. The van der Waals surface area contributed by atoms with Crippen molar-refractivity contribution in [3.63, 3.8) is 0 Å². The van der Waals surface area contributed by atoms with Gasteiger partial charge in [-0.15, -0.1) is 0 Å². The highest BCUT2D eigenvalue weighted by molar-refractivity contribution is 7.19. The van der Waals surface area contributed by atoms with Gasteiger partial charge in [-0.1, -0.05) is 29.5 Å². The molecule has 1 N–H and O–H groups in total. The summed E-state index contributed by atoms with van der Waals surface area (Å²) in [4.78, 5) is 5.73. The fourth-order valence-corrected chi connectivity index (χ4v) is 3.78. The maximum atomic E-state index is 5.11. The molecule has 28 heavy (non-hydrogen) atoms. The minimum atomic E-state index is 0.645. The third kappa shape index (κ3) is 4.13. The van der Waals surface area contributed by atoms with Gasteiger partial charge in [-0.05, 0) is 25.1 Å². The van der Waals surface area contributed by atoms with Crippen LogP contribution in [0.5, 0.6) is 0 Å². The predicted molar refractivity (Wildman–Crippen MR) is 111 cm³/mol. The summed E-state index contributed by atoms with van der Waals surface area (Å²) in [6, 6.07) is 12.1. The Kier molecular flexibility index (Phi) is 5.50. The van der Waals surface area contributed by atoms with Crippen LogP contribution in [0, 0.1) is 6.92 Å². The van der Waals surface area contributed by atoms with Gasteiger partial charge < -0.3 is 10.1 Å². The SMILES string of the molecule is COCCn1ccc(-c2sc(NCc3cnn(-c4ccccc4)c3)nc2C)n1. The minimum Gasteiger partial charge on any atom is -0.383 e. The van der Waals surface area contributed by atoms with E-state index in [2.05, 4.69) is 20.5 Å². The number of hydrogen-bond donors (Lipinski definition) is 1. The number of para-hydroxylation sites is 1. The monoisotopic (exact) mass is 394 g/mol. The first-order chi connectivity index (χ1) is 13.7. The molecule has 4 aromatic rings. The van der Waals surface area contributed by atoms with Gasteiger partial charge in [0.25, 0.3) is 0 Å². The van der Waals surface area contributed by atoms with E-state index >= 15 is 0 Å². The lowest BCUT2D eigenvalue weighted by molar-refractivity contribution is 0.183. The van der Waals surface area contributed by atoms with E-state index in [1.807, 2.05) is 71.3 Å². The standard InChI is InChI=1S/C20H22N6OS/c1-15-19(18-8-9-25(24-18)10-11-27-2)28-20(23-15)21-12-16-13-22-26(14-16)17-6-4-3-5-7-17/h3-9,13-14H,10-12H2,1-2H3,(H,21,23). The minimum absolute atomic E-state index is 0.645. The van der Waals surface area contributed by atoms with Gasteiger partial charge >= 0.3 is 0 Å². The first kappa shape index (κ1) is 18.4. The number of nitrogens with zero attached hydrogens (tertiary/aromatic N) is 5. The number of rotatable bonds is 8. The van der Waals surface area contributed by atoms with E-state index in [-0.39, 0.29) is 0 Å². The Labute approximate surface area is 167 Å². The summed E-state index contributed by atoms with van der Waals surface area (Å²) in [6.45, 7) is 4.07. The van der Waals surface area contributed by atoms with Crippen molar-refractivity contribution in [2.24, 2.45) is 0 Å². The lowest BCUT2D eigenvalue weighted by Gasteiger charge is -2.00. The number of ether oxygens (including phenoxy) is 1. The summed E-state index contributed by atoms with van der Waals surface area (Å²) in [6.07, 6.45) is 5.87. The van der Waals surface area contributed by atoms with E-state index in [0.29, 0.717) is 13.2 Å². The molecule has 4 rings (SSSR count).